The highest BCUT2D eigenvalue weighted by molar-refractivity contribution is 6.30. The number of nitrogen functional groups attached to an aromatic ring is 1. The largest absolute Gasteiger partial charge is 0.465 e. The Morgan fingerprint density at radius 2 is 1.89 bits per heavy atom. The van der Waals surface area contributed by atoms with Crippen LogP contribution in [0.5, 0.6) is 11.5 Å². The van der Waals surface area contributed by atoms with Gasteiger partial charge < -0.3 is 15.2 Å². The predicted octanol–water partition coefficient (Wildman–Crippen LogP) is 5.28. The van der Waals surface area contributed by atoms with Gasteiger partial charge in [-0.05, 0) is 36.4 Å². The van der Waals surface area contributed by atoms with Gasteiger partial charge in [-0.25, -0.2) is 9.18 Å². The van der Waals surface area contributed by atoms with Crippen LogP contribution in [0.25, 0.3) is 0 Å². The normalized spacial score (nSPS) is 10.6. The van der Waals surface area contributed by atoms with Gasteiger partial charge in [-0.2, -0.15) is 0 Å². The fraction of sp³-hybridized carbons (Fsp3) is 0.100. The predicted molar refractivity (Wildman–Crippen MR) is 106 cm³/mol. The number of nitrogens with two attached hydrogens (primary N) is 1. The quantitative estimate of drug-likeness (QED) is 0.448. The van der Waals surface area contributed by atoms with E-state index in [-0.39, 0.29) is 22.8 Å². The summed E-state index contributed by atoms with van der Waals surface area (Å²) in [6.45, 7) is 0. The molecule has 0 atom stereocenters. The van der Waals surface area contributed by atoms with E-state index >= 15 is 0 Å². The van der Waals surface area contributed by atoms with Gasteiger partial charge in [-0.3, -0.25) is 4.98 Å². The minimum atomic E-state index is -0.518. The van der Waals surface area contributed by atoms with Gasteiger partial charge in [0.15, 0.2) is 0 Å². The Kier molecular flexibility index (Phi) is 6.02. The molecule has 2 aromatic carbocycles. The number of aromatic nitrogens is 1. The first-order chi connectivity index (χ1) is 13.4. The van der Waals surface area contributed by atoms with Crippen LogP contribution in [0.2, 0.25) is 10.0 Å². The molecule has 1 heterocycles. The Morgan fingerprint density at radius 3 is 2.57 bits per heavy atom. The van der Waals surface area contributed by atoms with Crippen LogP contribution < -0.4 is 10.5 Å². The van der Waals surface area contributed by atoms with Gasteiger partial charge in [0.25, 0.3) is 0 Å². The van der Waals surface area contributed by atoms with E-state index in [1.165, 1.54) is 31.5 Å². The Labute approximate surface area is 170 Å². The van der Waals surface area contributed by atoms with Crippen molar-refractivity contribution in [3.05, 3.63) is 81.3 Å². The third kappa shape index (κ3) is 4.52. The van der Waals surface area contributed by atoms with E-state index in [0.29, 0.717) is 27.6 Å². The van der Waals surface area contributed by atoms with Crippen LogP contribution in [0.15, 0.2) is 48.7 Å². The zero-order chi connectivity index (χ0) is 20.3. The van der Waals surface area contributed by atoms with Crippen LogP contribution in [0.4, 0.5) is 10.1 Å². The van der Waals surface area contributed by atoms with Crippen molar-refractivity contribution in [1.82, 2.24) is 4.98 Å². The highest BCUT2D eigenvalue weighted by atomic mass is 35.5. The second kappa shape index (κ2) is 8.46. The number of esters is 1. The van der Waals surface area contributed by atoms with Crippen LogP contribution in [0.3, 0.4) is 0 Å². The fourth-order valence-corrected chi connectivity index (χ4v) is 2.83. The molecule has 5 nitrogen and oxygen atoms in total. The van der Waals surface area contributed by atoms with Crippen LogP contribution >= 0.6 is 23.2 Å². The van der Waals surface area contributed by atoms with Crippen molar-refractivity contribution in [2.24, 2.45) is 0 Å². The molecule has 28 heavy (non-hydrogen) atoms. The lowest BCUT2D eigenvalue weighted by molar-refractivity contribution is 0.0601. The van der Waals surface area contributed by atoms with Gasteiger partial charge in [0.1, 0.15) is 17.3 Å². The van der Waals surface area contributed by atoms with Crippen LogP contribution in [-0.2, 0) is 11.2 Å². The number of carbonyl (C=O) groups excluding carboxylic acids is 1. The molecule has 0 spiro atoms. The fourth-order valence-electron chi connectivity index (χ4n) is 2.53. The molecule has 3 rings (SSSR count). The van der Waals surface area contributed by atoms with Crippen molar-refractivity contribution in [1.29, 1.82) is 0 Å². The summed E-state index contributed by atoms with van der Waals surface area (Å²) in [6, 6.07) is 10.7. The maximum absolute atomic E-state index is 14.1. The first kappa shape index (κ1) is 19.9. The summed E-state index contributed by atoms with van der Waals surface area (Å²) in [7, 11) is 1.28. The number of rotatable bonds is 5. The average Bonchev–Trinajstić information content (AvgIpc) is 2.66. The molecule has 3 aromatic rings. The molecule has 0 aliphatic heterocycles. The molecule has 144 valence electrons. The molecule has 0 aliphatic carbocycles. The number of benzene rings is 2. The number of nitrogens with zero attached hydrogens (tertiary/aromatic N) is 1. The molecule has 8 heteroatoms. The Bertz CT molecular complexity index is 1040. The molecule has 0 saturated heterocycles. The lowest BCUT2D eigenvalue weighted by Gasteiger charge is -2.14. The molecule has 0 fully saturated rings. The second-order valence-electron chi connectivity index (χ2n) is 5.86. The molecule has 1 aromatic heterocycles. The average molecular weight is 421 g/mol. The minimum Gasteiger partial charge on any atom is -0.465 e. The Balaban J connectivity index is 1.92. The van der Waals surface area contributed by atoms with Crippen molar-refractivity contribution in [2.45, 2.75) is 6.42 Å². The molecule has 0 unspecified atom stereocenters. The highest BCUT2D eigenvalue weighted by Crippen LogP contribution is 2.33. The van der Waals surface area contributed by atoms with E-state index < -0.39 is 11.8 Å². The SMILES string of the molecule is COC(=O)c1ccc(Oc2cc(Cl)ccc2Cc2ncc(Cl)cc2F)c(N)c1. The standard InChI is InChI=1S/C20H15Cl2FN2O3/c1-27-20(26)12-3-5-18(16(24)6-12)28-19-9-13(21)4-2-11(19)7-17-15(23)8-14(22)10-25-17/h2-6,8-10H,7,24H2,1H3. The molecule has 0 bridgehead atoms. The Morgan fingerprint density at radius 1 is 1.11 bits per heavy atom. The molecule has 0 amide bonds. The summed E-state index contributed by atoms with van der Waals surface area (Å²) in [5, 5.41) is 0.653. The summed E-state index contributed by atoms with van der Waals surface area (Å²) in [5.74, 6) is -0.316. The second-order valence-corrected chi connectivity index (χ2v) is 6.73. The van der Waals surface area contributed by atoms with Crippen LogP contribution in [0.1, 0.15) is 21.6 Å². The summed E-state index contributed by atoms with van der Waals surface area (Å²) in [5.41, 5.74) is 7.39. The van der Waals surface area contributed by atoms with Gasteiger partial charge in [0, 0.05) is 23.2 Å². The zero-order valence-electron chi connectivity index (χ0n) is 14.7. The molecule has 2 N–H and O–H groups in total. The molecular formula is C20H15Cl2FN2O3. The van der Waals surface area contributed by atoms with Crippen molar-refractivity contribution >= 4 is 34.9 Å². The number of ether oxygens (including phenoxy) is 2. The maximum atomic E-state index is 14.1. The number of hydrogen-bond donors (Lipinski definition) is 1. The first-order valence-corrected chi connectivity index (χ1v) is 8.87. The number of methoxy groups -OCH3 is 1. The van der Waals surface area contributed by atoms with E-state index in [0.717, 1.165) is 0 Å². The smallest absolute Gasteiger partial charge is 0.337 e. The van der Waals surface area contributed by atoms with Gasteiger partial charge in [0.05, 0.1) is 29.1 Å². The van der Waals surface area contributed by atoms with Crippen LogP contribution in [-0.4, -0.2) is 18.1 Å². The van der Waals surface area contributed by atoms with Gasteiger partial charge in [-0.1, -0.05) is 29.3 Å². The zero-order valence-corrected chi connectivity index (χ0v) is 16.2. The molecule has 0 aliphatic rings. The summed E-state index contributed by atoms with van der Waals surface area (Å²) in [4.78, 5) is 15.6. The van der Waals surface area contributed by atoms with Crippen molar-refractivity contribution in [3.8, 4) is 11.5 Å². The van der Waals surface area contributed by atoms with Gasteiger partial charge >= 0.3 is 5.97 Å². The van der Waals surface area contributed by atoms with Gasteiger partial charge in [0.2, 0.25) is 0 Å². The van der Waals surface area contributed by atoms with Crippen molar-refractivity contribution in [2.75, 3.05) is 12.8 Å². The number of halogens is 3. The van der Waals surface area contributed by atoms with Gasteiger partial charge in [-0.15, -0.1) is 0 Å². The third-order valence-corrected chi connectivity index (χ3v) is 4.36. The van der Waals surface area contributed by atoms with Crippen LogP contribution in [0, 0.1) is 5.82 Å². The molecule has 0 saturated carbocycles. The number of anilines is 1. The van der Waals surface area contributed by atoms with Crippen molar-refractivity contribution < 1.29 is 18.7 Å². The first-order valence-electron chi connectivity index (χ1n) is 8.11. The Hall–Kier alpha value is -2.83. The third-order valence-electron chi connectivity index (χ3n) is 3.92. The monoisotopic (exact) mass is 420 g/mol. The van der Waals surface area contributed by atoms with E-state index in [1.54, 1.807) is 24.3 Å². The molecular weight excluding hydrogens is 406 g/mol. The van der Waals surface area contributed by atoms with E-state index in [4.69, 9.17) is 33.7 Å². The summed E-state index contributed by atoms with van der Waals surface area (Å²) >= 11 is 11.8. The summed E-state index contributed by atoms with van der Waals surface area (Å²) in [6.07, 6.45) is 1.54. The van der Waals surface area contributed by atoms with Crippen molar-refractivity contribution in [3.63, 3.8) is 0 Å². The number of carbonyl (C=O) groups is 1. The van der Waals surface area contributed by atoms with E-state index in [2.05, 4.69) is 9.72 Å². The topological polar surface area (TPSA) is 74.4 Å². The lowest BCUT2D eigenvalue weighted by atomic mass is 10.1. The maximum Gasteiger partial charge on any atom is 0.337 e. The lowest BCUT2D eigenvalue weighted by Crippen LogP contribution is -2.03. The number of hydrogen-bond acceptors (Lipinski definition) is 5. The minimum absolute atomic E-state index is 0.162. The van der Waals surface area contributed by atoms with E-state index in [9.17, 15) is 9.18 Å². The number of pyridine rings is 1. The highest BCUT2D eigenvalue weighted by Gasteiger charge is 2.14. The van der Waals surface area contributed by atoms with E-state index in [1.807, 2.05) is 0 Å². The molecule has 0 radical (unpaired) electrons. The summed E-state index contributed by atoms with van der Waals surface area (Å²) < 4.78 is 24.7.